The molecule has 0 aliphatic carbocycles. The van der Waals surface area contributed by atoms with Crippen molar-refractivity contribution in [2.45, 2.75) is 26.4 Å². The number of rotatable bonds is 6. The third kappa shape index (κ3) is 5.88. The van der Waals surface area contributed by atoms with Crippen LogP contribution in [-0.2, 0) is 20.7 Å². The van der Waals surface area contributed by atoms with Gasteiger partial charge >= 0.3 is 5.97 Å². The van der Waals surface area contributed by atoms with Crippen LogP contribution >= 0.6 is 0 Å². The van der Waals surface area contributed by atoms with Gasteiger partial charge in [0.2, 0.25) is 0 Å². The molecular formula is C20H20FNO3. The molecule has 2 aromatic carbocycles. The van der Waals surface area contributed by atoms with Crippen molar-refractivity contribution in [3.63, 3.8) is 0 Å². The molecule has 2 aromatic rings. The summed E-state index contributed by atoms with van der Waals surface area (Å²) in [4.78, 5) is 23.8. The Morgan fingerprint density at radius 1 is 1.12 bits per heavy atom. The van der Waals surface area contributed by atoms with Crippen LogP contribution in [0.4, 0.5) is 10.1 Å². The third-order valence-corrected chi connectivity index (χ3v) is 3.57. The molecule has 1 atom stereocenters. The molecule has 0 saturated heterocycles. The van der Waals surface area contributed by atoms with Crippen LogP contribution in [0.15, 0.2) is 54.6 Å². The number of hydrogen-bond acceptors (Lipinski definition) is 3. The van der Waals surface area contributed by atoms with Crippen molar-refractivity contribution >= 4 is 23.6 Å². The highest BCUT2D eigenvalue weighted by molar-refractivity contribution is 5.96. The maximum atomic E-state index is 12.8. The smallest absolute Gasteiger partial charge is 0.331 e. The highest BCUT2D eigenvalue weighted by atomic mass is 19.1. The van der Waals surface area contributed by atoms with E-state index in [9.17, 15) is 14.0 Å². The van der Waals surface area contributed by atoms with Gasteiger partial charge in [-0.1, -0.05) is 31.2 Å². The number of anilines is 1. The topological polar surface area (TPSA) is 55.4 Å². The number of halogens is 1. The monoisotopic (exact) mass is 341 g/mol. The second-order valence-electron chi connectivity index (χ2n) is 5.50. The Labute approximate surface area is 146 Å². The summed E-state index contributed by atoms with van der Waals surface area (Å²) in [5.41, 5.74) is 2.47. The predicted octanol–water partition coefficient (Wildman–Crippen LogP) is 3.97. The summed E-state index contributed by atoms with van der Waals surface area (Å²) in [6, 6.07) is 13.1. The van der Waals surface area contributed by atoms with E-state index in [-0.39, 0.29) is 5.82 Å². The summed E-state index contributed by atoms with van der Waals surface area (Å²) in [7, 11) is 0. The summed E-state index contributed by atoms with van der Waals surface area (Å²) in [5, 5.41) is 2.70. The zero-order chi connectivity index (χ0) is 18.2. The third-order valence-electron chi connectivity index (χ3n) is 3.57. The molecule has 5 heteroatoms. The molecule has 0 aliphatic rings. The van der Waals surface area contributed by atoms with Crippen LogP contribution in [-0.4, -0.2) is 18.0 Å². The van der Waals surface area contributed by atoms with E-state index in [1.807, 2.05) is 12.1 Å². The van der Waals surface area contributed by atoms with Crippen molar-refractivity contribution in [3.05, 3.63) is 71.6 Å². The van der Waals surface area contributed by atoms with E-state index in [1.54, 1.807) is 12.1 Å². The Morgan fingerprint density at radius 2 is 1.76 bits per heavy atom. The molecule has 2 rings (SSSR count). The van der Waals surface area contributed by atoms with E-state index in [2.05, 4.69) is 12.2 Å². The van der Waals surface area contributed by atoms with Gasteiger partial charge in [-0.05, 0) is 54.8 Å². The van der Waals surface area contributed by atoms with E-state index in [0.717, 1.165) is 6.42 Å². The number of carbonyl (C=O) groups excluding carboxylic acids is 2. The minimum Gasteiger partial charge on any atom is -0.449 e. The van der Waals surface area contributed by atoms with Gasteiger partial charge in [0.15, 0.2) is 6.10 Å². The molecule has 0 aromatic heterocycles. The molecule has 130 valence electrons. The zero-order valence-corrected chi connectivity index (χ0v) is 14.2. The number of ether oxygens (including phenoxy) is 1. The predicted molar refractivity (Wildman–Crippen MR) is 95.4 cm³/mol. The van der Waals surface area contributed by atoms with Crippen molar-refractivity contribution in [2.24, 2.45) is 0 Å². The minimum absolute atomic E-state index is 0.350. The molecule has 0 bridgehead atoms. The Hall–Kier alpha value is -2.95. The van der Waals surface area contributed by atoms with Gasteiger partial charge < -0.3 is 10.1 Å². The van der Waals surface area contributed by atoms with Gasteiger partial charge in [0.25, 0.3) is 5.91 Å². The second kappa shape index (κ2) is 8.78. The lowest BCUT2D eigenvalue weighted by Gasteiger charge is -2.12. The number of amides is 1. The van der Waals surface area contributed by atoms with Crippen molar-refractivity contribution in [1.29, 1.82) is 0 Å². The molecule has 0 unspecified atom stereocenters. The van der Waals surface area contributed by atoms with Gasteiger partial charge in [-0.25, -0.2) is 9.18 Å². The lowest BCUT2D eigenvalue weighted by molar-refractivity contribution is -0.148. The number of hydrogen-bond donors (Lipinski definition) is 1. The standard InChI is InChI=1S/C20H20FNO3/c1-3-15-6-11-18(12-7-15)22-20(24)14(2)25-19(23)13-8-16-4-9-17(21)10-5-16/h4-14H,3H2,1-2H3,(H,22,24)/b13-8+/t14-/m0/s1. The van der Waals surface area contributed by atoms with Crippen LogP contribution in [0, 0.1) is 5.82 Å². The van der Waals surface area contributed by atoms with Gasteiger partial charge in [-0.2, -0.15) is 0 Å². The fraction of sp³-hybridized carbons (Fsp3) is 0.200. The van der Waals surface area contributed by atoms with Crippen LogP contribution < -0.4 is 5.32 Å². The van der Waals surface area contributed by atoms with E-state index in [0.29, 0.717) is 11.3 Å². The summed E-state index contributed by atoms with van der Waals surface area (Å²) in [6.45, 7) is 3.55. The minimum atomic E-state index is -0.934. The number of benzene rings is 2. The van der Waals surface area contributed by atoms with Crippen molar-refractivity contribution in [2.75, 3.05) is 5.32 Å². The number of carbonyl (C=O) groups is 2. The summed E-state index contributed by atoms with van der Waals surface area (Å²) in [6.07, 6.45) is 2.68. The fourth-order valence-corrected chi connectivity index (χ4v) is 2.07. The summed E-state index contributed by atoms with van der Waals surface area (Å²) >= 11 is 0. The first kappa shape index (κ1) is 18.4. The van der Waals surface area contributed by atoms with Gasteiger partial charge in [0, 0.05) is 11.8 Å². The molecule has 0 spiro atoms. The lowest BCUT2D eigenvalue weighted by Crippen LogP contribution is -2.29. The Balaban J connectivity index is 1.86. The zero-order valence-electron chi connectivity index (χ0n) is 14.2. The fourth-order valence-electron chi connectivity index (χ4n) is 2.07. The molecule has 0 aliphatic heterocycles. The summed E-state index contributed by atoms with van der Waals surface area (Å²) < 4.78 is 17.9. The van der Waals surface area contributed by atoms with Gasteiger partial charge in [0.1, 0.15) is 5.82 Å². The maximum absolute atomic E-state index is 12.8. The quantitative estimate of drug-likeness (QED) is 0.639. The number of aryl methyl sites for hydroxylation is 1. The number of esters is 1. The number of nitrogens with one attached hydrogen (secondary N) is 1. The molecule has 0 saturated carbocycles. The molecule has 1 N–H and O–H groups in total. The SMILES string of the molecule is CCc1ccc(NC(=O)[C@H](C)OC(=O)/C=C/c2ccc(F)cc2)cc1. The average Bonchev–Trinajstić information content (AvgIpc) is 2.61. The first-order valence-electron chi connectivity index (χ1n) is 8.02. The van der Waals surface area contributed by atoms with Crippen LogP contribution in [0.3, 0.4) is 0 Å². The molecule has 25 heavy (non-hydrogen) atoms. The first-order valence-corrected chi connectivity index (χ1v) is 8.02. The van der Waals surface area contributed by atoms with Crippen molar-refractivity contribution in [3.8, 4) is 0 Å². The van der Waals surface area contributed by atoms with Gasteiger partial charge in [-0.15, -0.1) is 0 Å². The van der Waals surface area contributed by atoms with Crippen LogP contribution in [0.2, 0.25) is 0 Å². The second-order valence-corrected chi connectivity index (χ2v) is 5.50. The normalized spacial score (nSPS) is 12.0. The van der Waals surface area contributed by atoms with E-state index >= 15 is 0 Å². The molecule has 0 fully saturated rings. The van der Waals surface area contributed by atoms with Crippen LogP contribution in [0.1, 0.15) is 25.0 Å². The average molecular weight is 341 g/mol. The van der Waals surface area contributed by atoms with Crippen LogP contribution in [0.25, 0.3) is 6.08 Å². The maximum Gasteiger partial charge on any atom is 0.331 e. The Kier molecular flexibility index (Phi) is 6.46. The Morgan fingerprint density at radius 3 is 2.36 bits per heavy atom. The summed E-state index contributed by atoms with van der Waals surface area (Å²) in [5.74, 6) is -1.40. The van der Waals surface area contributed by atoms with E-state index < -0.39 is 18.0 Å². The molecule has 0 radical (unpaired) electrons. The molecule has 4 nitrogen and oxygen atoms in total. The Bertz CT molecular complexity index is 752. The van der Waals surface area contributed by atoms with Crippen LogP contribution in [0.5, 0.6) is 0 Å². The highest BCUT2D eigenvalue weighted by Gasteiger charge is 2.16. The van der Waals surface area contributed by atoms with Crippen molar-refractivity contribution in [1.82, 2.24) is 0 Å². The van der Waals surface area contributed by atoms with Gasteiger partial charge in [0.05, 0.1) is 0 Å². The van der Waals surface area contributed by atoms with Gasteiger partial charge in [-0.3, -0.25) is 4.79 Å². The first-order chi connectivity index (χ1) is 12.0. The van der Waals surface area contributed by atoms with E-state index in [4.69, 9.17) is 4.74 Å². The molecule has 1 amide bonds. The lowest BCUT2D eigenvalue weighted by atomic mass is 10.1. The molecular weight excluding hydrogens is 321 g/mol. The largest absolute Gasteiger partial charge is 0.449 e. The van der Waals surface area contributed by atoms with Crippen molar-refractivity contribution < 1.29 is 18.7 Å². The molecule has 0 heterocycles. The highest BCUT2D eigenvalue weighted by Crippen LogP contribution is 2.11. The van der Waals surface area contributed by atoms with E-state index in [1.165, 1.54) is 48.9 Å².